The van der Waals surface area contributed by atoms with E-state index in [0.717, 1.165) is 31.6 Å². The zero-order valence-corrected chi connectivity index (χ0v) is 13.2. The molecule has 1 aliphatic heterocycles. The first-order valence-electron chi connectivity index (χ1n) is 7.73. The highest BCUT2D eigenvalue weighted by atomic mass is 16.2. The Morgan fingerprint density at radius 3 is 2.41 bits per heavy atom. The first kappa shape index (κ1) is 14.8. The summed E-state index contributed by atoms with van der Waals surface area (Å²) < 4.78 is 0. The molecule has 0 N–H and O–H groups in total. The molecular weight excluding hydrogens is 272 g/mol. The number of rotatable bonds is 3. The molecule has 0 spiro atoms. The molecule has 0 atom stereocenters. The van der Waals surface area contributed by atoms with Crippen LogP contribution in [0.25, 0.3) is 0 Å². The fourth-order valence-corrected chi connectivity index (χ4v) is 2.96. The molecule has 2 aromatic carbocycles. The lowest BCUT2D eigenvalue weighted by atomic mass is 9.99. The normalized spacial score (nSPS) is 14.5. The minimum Gasteiger partial charge on any atom is -0.345 e. The Kier molecular flexibility index (Phi) is 4.25. The van der Waals surface area contributed by atoms with E-state index in [1.807, 2.05) is 12.1 Å². The molecule has 3 heteroatoms. The lowest BCUT2D eigenvalue weighted by Crippen LogP contribution is -2.30. The molecule has 2 aromatic rings. The van der Waals surface area contributed by atoms with E-state index in [2.05, 4.69) is 41.3 Å². The van der Waals surface area contributed by atoms with Crippen LogP contribution in [0.3, 0.4) is 0 Å². The molecule has 1 heterocycles. The van der Waals surface area contributed by atoms with Crippen molar-refractivity contribution in [2.75, 3.05) is 20.6 Å². The van der Waals surface area contributed by atoms with E-state index in [9.17, 15) is 4.79 Å². The summed E-state index contributed by atoms with van der Waals surface area (Å²) in [7, 11) is 3.56. The number of amides is 1. The highest BCUT2D eigenvalue weighted by Gasteiger charge is 2.16. The Morgan fingerprint density at radius 1 is 1.05 bits per heavy atom. The standard InChI is InChI=1S/C19H22N2O/c1-20(2)19(22)17-9-7-15(8-10-17)13-21-12-11-16-5-3-4-6-18(16)14-21/h3-10H,11-14H2,1-2H3. The molecule has 1 aliphatic rings. The molecule has 0 unspecified atom stereocenters. The molecular formula is C19H22N2O. The van der Waals surface area contributed by atoms with E-state index in [-0.39, 0.29) is 5.91 Å². The fraction of sp³-hybridized carbons (Fsp3) is 0.316. The van der Waals surface area contributed by atoms with Gasteiger partial charge in [-0.3, -0.25) is 9.69 Å². The largest absolute Gasteiger partial charge is 0.345 e. The van der Waals surface area contributed by atoms with Gasteiger partial charge in [0.15, 0.2) is 0 Å². The van der Waals surface area contributed by atoms with Gasteiger partial charge in [0.25, 0.3) is 5.91 Å². The van der Waals surface area contributed by atoms with Crippen LogP contribution < -0.4 is 0 Å². The molecule has 0 saturated carbocycles. The summed E-state index contributed by atoms with van der Waals surface area (Å²) in [6.07, 6.45) is 1.12. The summed E-state index contributed by atoms with van der Waals surface area (Å²) in [6, 6.07) is 16.7. The molecule has 0 bridgehead atoms. The van der Waals surface area contributed by atoms with Gasteiger partial charge in [0.05, 0.1) is 0 Å². The zero-order chi connectivity index (χ0) is 15.5. The van der Waals surface area contributed by atoms with Crippen molar-refractivity contribution in [2.24, 2.45) is 0 Å². The van der Waals surface area contributed by atoms with E-state index >= 15 is 0 Å². The van der Waals surface area contributed by atoms with Crippen LogP contribution >= 0.6 is 0 Å². The third-order valence-corrected chi connectivity index (χ3v) is 4.22. The molecule has 22 heavy (non-hydrogen) atoms. The second-order valence-corrected chi connectivity index (χ2v) is 6.13. The lowest BCUT2D eigenvalue weighted by Gasteiger charge is -2.28. The maximum Gasteiger partial charge on any atom is 0.253 e. The molecule has 0 aliphatic carbocycles. The highest BCUT2D eigenvalue weighted by Crippen LogP contribution is 2.20. The summed E-state index contributed by atoms with van der Waals surface area (Å²) in [6.45, 7) is 3.04. The number of fused-ring (bicyclic) bond motifs is 1. The summed E-state index contributed by atoms with van der Waals surface area (Å²) in [5, 5.41) is 0. The highest BCUT2D eigenvalue weighted by molar-refractivity contribution is 5.93. The van der Waals surface area contributed by atoms with Crippen molar-refractivity contribution in [2.45, 2.75) is 19.5 Å². The van der Waals surface area contributed by atoms with Gasteiger partial charge in [0.1, 0.15) is 0 Å². The minimum absolute atomic E-state index is 0.0541. The van der Waals surface area contributed by atoms with Crippen molar-refractivity contribution in [3.05, 3.63) is 70.8 Å². The number of carbonyl (C=O) groups excluding carboxylic acids is 1. The molecule has 114 valence electrons. The fourth-order valence-electron chi connectivity index (χ4n) is 2.96. The number of benzene rings is 2. The van der Waals surface area contributed by atoms with Crippen molar-refractivity contribution >= 4 is 5.91 Å². The zero-order valence-electron chi connectivity index (χ0n) is 13.2. The van der Waals surface area contributed by atoms with Gasteiger partial charge in [0, 0.05) is 39.3 Å². The average Bonchev–Trinajstić information content (AvgIpc) is 2.55. The van der Waals surface area contributed by atoms with Gasteiger partial charge < -0.3 is 4.90 Å². The van der Waals surface area contributed by atoms with E-state index < -0.39 is 0 Å². The van der Waals surface area contributed by atoms with Gasteiger partial charge in [-0.2, -0.15) is 0 Å². The van der Waals surface area contributed by atoms with Crippen LogP contribution in [0.2, 0.25) is 0 Å². The molecule has 0 fully saturated rings. The van der Waals surface area contributed by atoms with Crippen LogP contribution in [-0.2, 0) is 19.5 Å². The van der Waals surface area contributed by atoms with Crippen molar-refractivity contribution in [1.82, 2.24) is 9.80 Å². The van der Waals surface area contributed by atoms with Crippen LogP contribution in [0.5, 0.6) is 0 Å². The first-order chi connectivity index (χ1) is 10.6. The second-order valence-electron chi connectivity index (χ2n) is 6.13. The Bertz CT molecular complexity index is 661. The predicted octanol–water partition coefficient (Wildman–Crippen LogP) is 2.95. The molecule has 0 aromatic heterocycles. The molecule has 3 rings (SSSR count). The van der Waals surface area contributed by atoms with Gasteiger partial charge >= 0.3 is 0 Å². The lowest BCUT2D eigenvalue weighted by molar-refractivity contribution is 0.0827. The quantitative estimate of drug-likeness (QED) is 0.869. The molecule has 0 saturated heterocycles. The van der Waals surface area contributed by atoms with Crippen LogP contribution in [-0.4, -0.2) is 36.3 Å². The number of nitrogens with zero attached hydrogens (tertiary/aromatic N) is 2. The topological polar surface area (TPSA) is 23.6 Å². The van der Waals surface area contributed by atoms with E-state index in [1.165, 1.54) is 16.7 Å². The monoisotopic (exact) mass is 294 g/mol. The smallest absolute Gasteiger partial charge is 0.253 e. The SMILES string of the molecule is CN(C)C(=O)c1ccc(CN2CCc3ccccc3C2)cc1. The number of carbonyl (C=O) groups is 1. The summed E-state index contributed by atoms with van der Waals surface area (Å²) in [5.41, 5.74) is 4.92. The van der Waals surface area contributed by atoms with Crippen LogP contribution in [0.1, 0.15) is 27.0 Å². The number of hydrogen-bond donors (Lipinski definition) is 0. The summed E-state index contributed by atoms with van der Waals surface area (Å²) in [4.78, 5) is 16.0. The average molecular weight is 294 g/mol. The maximum atomic E-state index is 11.9. The Hall–Kier alpha value is -2.13. The maximum absolute atomic E-state index is 11.9. The van der Waals surface area contributed by atoms with Crippen molar-refractivity contribution in [1.29, 1.82) is 0 Å². The molecule has 0 radical (unpaired) electrons. The third kappa shape index (κ3) is 3.20. The van der Waals surface area contributed by atoms with Gasteiger partial charge in [-0.05, 0) is 35.2 Å². The Balaban J connectivity index is 1.66. The van der Waals surface area contributed by atoms with Crippen molar-refractivity contribution < 1.29 is 4.79 Å². The van der Waals surface area contributed by atoms with Crippen LogP contribution in [0, 0.1) is 0 Å². The number of hydrogen-bond acceptors (Lipinski definition) is 2. The minimum atomic E-state index is 0.0541. The Labute approximate surface area is 132 Å². The van der Waals surface area contributed by atoms with Gasteiger partial charge in [0.2, 0.25) is 0 Å². The van der Waals surface area contributed by atoms with Crippen LogP contribution in [0.4, 0.5) is 0 Å². The molecule has 1 amide bonds. The van der Waals surface area contributed by atoms with Crippen molar-refractivity contribution in [3.8, 4) is 0 Å². The molecule has 3 nitrogen and oxygen atoms in total. The third-order valence-electron chi connectivity index (χ3n) is 4.22. The summed E-state index contributed by atoms with van der Waals surface area (Å²) >= 11 is 0. The van der Waals surface area contributed by atoms with E-state index in [4.69, 9.17) is 0 Å². The van der Waals surface area contributed by atoms with Gasteiger partial charge in [-0.1, -0.05) is 36.4 Å². The van der Waals surface area contributed by atoms with Gasteiger partial charge in [-0.15, -0.1) is 0 Å². The van der Waals surface area contributed by atoms with Gasteiger partial charge in [-0.25, -0.2) is 0 Å². The van der Waals surface area contributed by atoms with Crippen molar-refractivity contribution in [3.63, 3.8) is 0 Å². The van der Waals surface area contributed by atoms with E-state index in [0.29, 0.717) is 0 Å². The van der Waals surface area contributed by atoms with Crippen LogP contribution in [0.15, 0.2) is 48.5 Å². The predicted molar refractivity (Wildman–Crippen MR) is 88.7 cm³/mol. The Morgan fingerprint density at radius 2 is 1.73 bits per heavy atom. The van der Waals surface area contributed by atoms with E-state index in [1.54, 1.807) is 19.0 Å². The second kappa shape index (κ2) is 6.32. The first-order valence-corrected chi connectivity index (χ1v) is 7.73. The summed E-state index contributed by atoms with van der Waals surface area (Å²) in [5.74, 6) is 0.0541.